The van der Waals surface area contributed by atoms with Crippen molar-refractivity contribution >= 4 is 10.9 Å². The second-order valence-electron chi connectivity index (χ2n) is 6.97. The molecule has 1 unspecified atom stereocenters. The van der Waals surface area contributed by atoms with Crippen molar-refractivity contribution in [3.05, 3.63) is 48.7 Å². The van der Waals surface area contributed by atoms with Gasteiger partial charge in [-0.1, -0.05) is 13.5 Å². The lowest BCUT2D eigenvalue weighted by molar-refractivity contribution is -0.0444. The van der Waals surface area contributed by atoms with Crippen molar-refractivity contribution in [2.45, 2.75) is 32.4 Å². The summed E-state index contributed by atoms with van der Waals surface area (Å²) < 4.78 is 5.35. The van der Waals surface area contributed by atoms with E-state index in [0.717, 1.165) is 41.7 Å². The summed E-state index contributed by atoms with van der Waals surface area (Å²) in [6.07, 6.45) is 5.62. The minimum absolute atomic E-state index is 0. The van der Waals surface area contributed by atoms with E-state index >= 15 is 0 Å². The van der Waals surface area contributed by atoms with Gasteiger partial charge in [-0.05, 0) is 61.1 Å². The van der Waals surface area contributed by atoms with Crippen LogP contribution in [0, 0.1) is 11.8 Å². The van der Waals surface area contributed by atoms with Crippen LogP contribution in [0.15, 0.2) is 43.1 Å². The lowest BCUT2D eigenvalue weighted by Crippen LogP contribution is -2.54. The van der Waals surface area contributed by atoms with Crippen LogP contribution in [-0.2, 0) is 0 Å². The van der Waals surface area contributed by atoms with Crippen molar-refractivity contribution < 1.29 is 9.84 Å². The Morgan fingerprint density at radius 2 is 2.24 bits per heavy atom. The lowest BCUT2D eigenvalue weighted by atomic mass is 9.73. The highest BCUT2D eigenvalue weighted by molar-refractivity contribution is 5.83. The van der Waals surface area contributed by atoms with E-state index in [1.165, 1.54) is 6.42 Å². The SMILES string of the molecule is C.C=C[C@H]1CN2CC[C@H]1C[C@H]2[C@H](O)c1ccnc2ccc(OC)cc12. The fourth-order valence-corrected chi connectivity index (χ4v) is 4.44. The van der Waals surface area contributed by atoms with Gasteiger partial charge in [-0.25, -0.2) is 0 Å². The average Bonchev–Trinajstić information content (AvgIpc) is 2.66. The van der Waals surface area contributed by atoms with Crippen molar-refractivity contribution in [2.24, 2.45) is 11.8 Å². The number of aliphatic hydroxyl groups excluding tert-OH is 1. The van der Waals surface area contributed by atoms with E-state index in [2.05, 4.69) is 22.5 Å². The molecule has 3 aliphatic rings. The minimum Gasteiger partial charge on any atom is -0.497 e. The summed E-state index contributed by atoms with van der Waals surface area (Å²) in [5.74, 6) is 2.01. The monoisotopic (exact) mass is 340 g/mol. The molecule has 3 aliphatic heterocycles. The molecule has 4 heteroatoms. The molecule has 0 radical (unpaired) electrons. The Bertz CT molecular complexity index is 761. The second-order valence-corrected chi connectivity index (χ2v) is 6.97. The molecule has 1 aromatic heterocycles. The van der Waals surface area contributed by atoms with Crippen LogP contribution in [-0.4, -0.2) is 41.2 Å². The Morgan fingerprint density at radius 3 is 2.92 bits per heavy atom. The zero-order valence-corrected chi connectivity index (χ0v) is 14.1. The summed E-state index contributed by atoms with van der Waals surface area (Å²) in [6, 6.07) is 7.96. The van der Waals surface area contributed by atoms with Gasteiger partial charge in [0.1, 0.15) is 5.75 Å². The van der Waals surface area contributed by atoms with Gasteiger partial charge in [-0.3, -0.25) is 9.88 Å². The number of fused-ring (bicyclic) bond motifs is 4. The predicted molar refractivity (Wildman–Crippen MR) is 102 cm³/mol. The number of nitrogens with zero attached hydrogens (tertiary/aromatic N) is 2. The summed E-state index contributed by atoms with van der Waals surface area (Å²) in [7, 11) is 1.66. The Labute approximate surface area is 150 Å². The standard InChI is InChI=1S/C20H24N2O2.CH4/c1-3-13-12-22-9-7-14(13)10-19(22)20(23)16-6-8-21-18-5-4-15(24-2)11-17(16)18;/h3-6,8,11,13-14,19-20,23H,1,7,9-10,12H2,2H3;1H4/t13-,14-,19-,20+;/m0./s1. The van der Waals surface area contributed by atoms with Crippen LogP contribution in [0.3, 0.4) is 0 Å². The Hall–Kier alpha value is -1.91. The van der Waals surface area contributed by atoms with Crippen molar-refractivity contribution in [1.29, 1.82) is 0 Å². The molecule has 3 fully saturated rings. The van der Waals surface area contributed by atoms with Gasteiger partial charge in [0.25, 0.3) is 0 Å². The number of ether oxygens (including phenoxy) is 1. The minimum atomic E-state index is -0.504. The molecular formula is C21H28N2O2. The third kappa shape index (κ3) is 3.05. The summed E-state index contributed by atoms with van der Waals surface area (Å²) in [4.78, 5) is 6.86. The van der Waals surface area contributed by atoms with E-state index in [0.29, 0.717) is 11.8 Å². The molecule has 0 spiro atoms. The van der Waals surface area contributed by atoms with Gasteiger partial charge in [0.15, 0.2) is 0 Å². The van der Waals surface area contributed by atoms with Gasteiger partial charge < -0.3 is 9.84 Å². The highest BCUT2D eigenvalue weighted by Crippen LogP contribution is 2.42. The molecular weight excluding hydrogens is 312 g/mol. The van der Waals surface area contributed by atoms with E-state index in [1.54, 1.807) is 13.3 Å². The van der Waals surface area contributed by atoms with E-state index < -0.39 is 6.10 Å². The first kappa shape index (κ1) is 17.9. The topological polar surface area (TPSA) is 45.6 Å². The molecule has 25 heavy (non-hydrogen) atoms. The molecule has 2 bridgehead atoms. The predicted octanol–water partition coefficient (Wildman–Crippen LogP) is 3.81. The number of rotatable bonds is 4. The Morgan fingerprint density at radius 1 is 1.40 bits per heavy atom. The van der Waals surface area contributed by atoms with E-state index in [1.807, 2.05) is 24.3 Å². The zero-order chi connectivity index (χ0) is 16.7. The number of methoxy groups -OCH3 is 1. The highest BCUT2D eigenvalue weighted by Gasteiger charge is 2.42. The largest absolute Gasteiger partial charge is 0.497 e. The number of piperidine rings is 3. The fraction of sp³-hybridized carbons (Fsp3) is 0.476. The van der Waals surface area contributed by atoms with Crippen LogP contribution in [0.2, 0.25) is 0 Å². The fourth-order valence-electron chi connectivity index (χ4n) is 4.44. The summed E-state index contributed by atoms with van der Waals surface area (Å²) in [5, 5.41) is 12.1. The average molecular weight is 340 g/mol. The van der Waals surface area contributed by atoms with Crippen LogP contribution >= 0.6 is 0 Å². The van der Waals surface area contributed by atoms with Crippen LogP contribution in [0.4, 0.5) is 0 Å². The Balaban J connectivity index is 0.00000182. The molecule has 4 nitrogen and oxygen atoms in total. The molecule has 1 N–H and O–H groups in total. The normalized spacial score (nSPS) is 29.0. The molecule has 4 heterocycles. The van der Waals surface area contributed by atoms with E-state index in [9.17, 15) is 5.11 Å². The first-order valence-corrected chi connectivity index (χ1v) is 8.68. The van der Waals surface area contributed by atoms with Gasteiger partial charge in [-0.2, -0.15) is 0 Å². The van der Waals surface area contributed by atoms with Crippen LogP contribution in [0.1, 0.15) is 31.9 Å². The highest BCUT2D eigenvalue weighted by atomic mass is 16.5. The Kier molecular flexibility index (Phi) is 5.11. The van der Waals surface area contributed by atoms with Gasteiger partial charge in [0.05, 0.1) is 18.7 Å². The molecule has 2 aromatic rings. The number of hydrogen-bond acceptors (Lipinski definition) is 4. The zero-order valence-electron chi connectivity index (χ0n) is 14.1. The van der Waals surface area contributed by atoms with Crippen molar-refractivity contribution in [1.82, 2.24) is 9.88 Å². The van der Waals surface area contributed by atoms with Crippen LogP contribution in [0.25, 0.3) is 10.9 Å². The number of aliphatic hydroxyl groups is 1. The van der Waals surface area contributed by atoms with Crippen molar-refractivity contribution in [3.63, 3.8) is 0 Å². The van der Waals surface area contributed by atoms with Crippen LogP contribution < -0.4 is 4.74 Å². The number of benzene rings is 1. The maximum Gasteiger partial charge on any atom is 0.119 e. The molecule has 5 rings (SSSR count). The smallest absolute Gasteiger partial charge is 0.119 e. The molecule has 0 saturated carbocycles. The third-order valence-corrected chi connectivity index (χ3v) is 5.82. The summed E-state index contributed by atoms with van der Waals surface area (Å²) in [5.41, 5.74) is 1.85. The number of hydrogen-bond donors (Lipinski definition) is 1. The molecule has 5 atom stereocenters. The first-order valence-electron chi connectivity index (χ1n) is 8.68. The van der Waals surface area contributed by atoms with Gasteiger partial charge in [0, 0.05) is 24.2 Å². The quantitative estimate of drug-likeness (QED) is 0.860. The third-order valence-electron chi connectivity index (χ3n) is 5.82. The van der Waals surface area contributed by atoms with Crippen molar-refractivity contribution in [2.75, 3.05) is 20.2 Å². The number of aromatic nitrogens is 1. The van der Waals surface area contributed by atoms with E-state index in [4.69, 9.17) is 4.74 Å². The second kappa shape index (κ2) is 7.14. The number of pyridine rings is 1. The maximum atomic E-state index is 11.2. The lowest BCUT2D eigenvalue weighted by Gasteiger charge is -2.50. The summed E-state index contributed by atoms with van der Waals surface area (Å²) in [6.45, 7) is 6.07. The molecule has 1 aromatic carbocycles. The van der Waals surface area contributed by atoms with E-state index in [-0.39, 0.29) is 13.5 Å². The van der Waals surface area contributed by atoms with Crippen molar-refractivity contribution in [3.8, 4) is 5.75 Å². The molecule has 3 saturated heterocycles. The molecule has 0 aliphatic carbocycles. The first-order chi connectivity index (χ1) is 11.7. The molecule has 0 amide bonds. The van der Waals surface area contributed by atoms with Gasteiger partial charge >= 0.3 is 0 Å². The maximum absolute atomic E-state index is 11.2. The van der Waals surface area contributed by atoms with Crippen LogP contribution in [0.5, 0.6) is 5.75 Å². The van der Waals surface area contributed by atoms with Gasteiger partial charge in [0.2, 0.25) is 0 Å². The molecule has 134 valence electrons. The van der Waals surface area contributed by atoms with Gasteiger partial charge in [-0.15, -0.1) is 6.58 Å². The summed E-state index contributed by atoms with van der Waals surface area (Å²) >= 11 is 0.